The van der Waals surface area contributed by atoms with Crippen LogP contribution < -0.4 is 0 Å². The van der Waals surface area contributed by atoms with Crippen LogP contribution in [0.5, 0.6) is 0 Å². The van der Waals surface area contributed by atoms with Crippen LogP contribution in [0.4, 0.5) is 0 Å². The number of carbonyl (C=O) groups is 2. The maximum atomic E-state index is 13.0. The fraction of sp³-hybridized carbons (Fsp3) is 0.889. The van der Waals surface area contributed by atoms with E-state index in [2.05, 4.69) is 38.2 Å². The van der Waals surface area contributed by atoms with Crippen molar-refractivity contribution in [3.8, 4) is 0 Å². The van der Waals surface area contributed by atoms with Gasteiger partial charge in [-0.1, -0.05) is 186 Å². The Hall–Kier alpha value is -2.02. The normalized spacial score (nSPS) is 25.7. The standard InChI is InChI=1S/C54H98O15/c1-3-5-7-9-11-13-15-17-19-20-21-23-25-27-29-31-33-35-37-46(57)67-42(39-64-45(56)36-34-32-30-28-26-24-22-18-16-14-12-10-8-6-4-2)40-65-53-52(63)50(61)48(59)44(69-53)41-66-54-51(62)49(60)47(58)43(38-55)68-54/h14,16,18,22,42-44,47-55,58-63H,3-13,15,17,19-21,23-41H2,1-2H3/b16-14+,22-18+/t42-,43+,44+,47-,48-,49?,50?,51?,52?,53+,54+/m1/s1. The SMILES string of the molecule is CCCCCC/C=C/C=C/CCCCCCCC(=O)OC[C@H](CO[C@H]1O[C@@H](CO[C@H]2O[C@@H](CO)[C@@H](O)C(O)C2O)[C@@H](O)C(O)C1O)OC(=O)CCCCCCCCCCCCCCCCCCCC. The van der Waals surface area contributed by atoms with E-state index in [0.29, 0.717) is 12.8 Å². The average molecular weight is 987 g/mol. The molecule has 0 aromatic carbocycles. The summed E-state index contributed by atoms with van der Waals surface area (Å²) in [6.07, 6.45) is 26.3. The number of allylic oxidation sites excluding steroid dienone is 4. The molecule has 15 heteroatoms. The van der Waals surface area contributed by atoms with Crippen molar-refractivity contribution in [1.29, 1.82) is 0 Å². The van der Waals surface area contributed by atoms with E-state index in [1.807, 2.05) is 0 Å². The monoisotopic (exact) mass is 987 g/mol. The lowest BCUT2D eigenvalue weighted by molar-refractivity contribution is -0.332. The number of rotatable bonds is 43. The fourth-order valence-corrected chi connectivity index (χ4v) is 8.68. The number of unbranched alkanes of at least 4 members (excludes halogenated alkanes) is 26. The van der Waals surface area contributed by atoms with Gasteiger partial charge in [0.1, 0.15) is 55.4 Å². The molecule has 404 valence electrons. The molecule has 2 aliphatic rings. The molecule has 0 bridgehead atoms. The topological polar surface area (TPSA) is 231 Å². The van der Waals surface area contributed by atoms with Crippen LogP contribution in [-0.4, -0.2) is 142 Å². The van der Waals surface area contributed by atoms with E-state index in [0.717, 1.165) is 57.8 Å². The van der Waals surface area contributed by atoms with E-state index in [4.69, 9.17) is 28.4 Å². The Morgan fingerprint density at radius 3 is 1.33 bits per heavy atom. The zero-order chi connectivity index (χ0) is 50.3. The number of ether oxygens (including phenoxy) is 6. The molecule has 2 saturated heterocycles. The summed E-state index contributed by atoms with van der Waals surface area (Å²) in [5.41, 5.74) is 0. The lowest BCUT2D eigenvalue weighted by Gasteiger charge is -2.42. The molecule has 0 aromatic heterocycles. The van der Waals surface area contributed by atoms with Gasteiger partial charge >= 0.3 is 11.9 Å². The number of hydrogen-bond donors (Lipinski definition) is 7. The van der Waals surface area contributed by atoms with Gasteiger partial charge in [0.25, 0.3) is 0 Å². The van der Waals surface area contributed by atoms with Crippen LogP contribution in [0, 0.1) is 0 Å². The summed E-state index contributed by atoms with van der Waals surface area (Å²) in [6, 6.07) is 0. The molecule has 4 unspecified atom stereocenters. The Morgan fingerprint density at radius 1 is 0.464 bits per heavy atom. The van der Waals surface area contributed by atoms with Crippen molar-refractivity contribution in [2.24, 2.45) is 0 Å². The largest absolute Gasteiger partial charge is 0.462 e. The molecular formula is C54H98O15. The predicted octanol–water partition coefficient (Wildman–Crippen LogP) is 8.33. The van der Waals surface area contributed by atoms with Gasteiger partial charge in [-0.15, -0.1) is 0 Å². The van der Waals surface area contributed by atoms with Crippen LogP contribution >= 0.6 is 0 Å². The first-order valence-corrected chi connectivity index (χ1v) is 27.4. The summed E-state index contributed by atoms with van der Waals surface area (Å²) in [6.45, 7) is 2.58. The first kappa shape index (κ1) is 63.1. The molecule has 0 aromatic rings. The van der Waals surface area contributed by atoms with Crippen LogP contribution in [0.25, 0.3) is 0 Å². The van der Waals surface area contributed by atoms with Crippen molar-refractivity contribution >= 4 is 11.9 Å². The van der Waals surface area contributed by atoms with E-state index in [-0.39, 0.29) is 26.1 Å². The van der Waals surface area contributed by atoms with E-state index in [1.165, 1.54) is 116 Å². The molecule has 2 rings (SSSR count). The third-order valence-electron chi connectivity index (χ3n) is 13.2. The minimum absolute atomic E-state index is 0.166. The minimum atomic E-state index is -1.76. The summed E-state index contributed by atoms with van der Waals surface area (Å²) < 4.78 is 33.6. The smallest absolute Gasteiger partial charge is 0.306 e. The lowest BCUT2D eigenvalue weighted by Crippen LogP contribution is -2.61. The molecule has 15 nitrogen and oxygen atoms in total. The van der Waals surface area contributed by atoms with Crippen molar-refractivity contribution in [2.75, 3.05) is 26.4 Å². The Labute approximate surface area is 415 Å². The summed E-state index contributed by atoms with van der Waals surface area (Å²) in [5.74, 6) is -0.933. The molecule has 11 atom stereocenters. The molecule has 2 aliphatic heterocycles. The highest BCUT2D eigenvalue weighted by atomic mass is 16.7. The first-order chi connectivity index (χ1) is 33.5. The van der Waals surface area contributed by atoms with Crippen molar-refractivity contribution in [1.82, 2.24) is 0 Å². The molecule has 7 N–H and O–H groups in total. The van der Waals surface area contributed by atoms with Gasteiger partial charge < -0.3 is 64.2 Å². The van der Waals surface area contributed by atoms with E-state index >= 15 is 0 Å². The van der Waals surface area contributed by atoms with Gasteiger partial charge in [-0.2, -0.15) is 0 Å². The third-order valence-corrected chi connectivity index (χ3v) is 13.2. The van der Waals surface area contributed by atoms with Gasteiger partial charge in [0.15, 0.2) is 18.7 Å². The highest BCUT2D eigenvalue weighted by Gasteiger charge is 2.47. The second kappa shape index (κ2) is 41.5. The van der Waals surface area contributed by atoms with Crippen LogP contribution in [0.2, 0.25) is 0 Å². The number of esters is 2. The minimum Gasteiger partial charge on any atom is -0.462 e. The predicted molar refractivity (Wildman–Crippen MR) is 266 cm³/mol. The van der Waals surface area contributed by atoms with Crippen LogP contribution in [-0.2, 0) is 38.0 Å². The molecule has 0 aliphatic carbocycles. The summed E-state index contributed by atoms with van der Waals surface area (Å²) in [4.78, 5) is 25.8. The number of aliphatic hydroxyl groups excluding tert-OH is 7. The summed E-state index contributed by atoms with van der Waals surface area (Å²) in [5, 5.41) is 72.2. The van der Waals surface area contributed by atoms with Crippen molar-refractivity contribution in [2.45, 2.75) is 280 Å². The highest BCUT2D eigenvalue weighted by molar-refractivity contribution is 5.70. The Balaban J connectivity index is 1.78. The van der Waals surface area contributed by atoms with Crippen LogP contribution in [0.15, 0.2) is 24.3 Å². The van der Waals surface area contributed by atoms with Gasteiger partial charge in [-0.05, 0) is 38.5 Å². The van der Waals surface area contributed by atoms with Gasteiger partial charge in [0.2, 0.25) is 0 Å². The molecule has 0 spiro atoms. The fourth-order valence-electron chi connectivity index (χ4n) is 8.68. The summed E-state index contributed by atoms with van der Waals surface area (Å²) >= 11 is 0. The second-order valence-electron chi connectivity index (χ2n) is 19.4. The molecular weight excluding hydrogens is 889 g/mol. The van der Waals surface area contributed by atoms with E-state index in [1.54, 1.807) is 0 Å². The zero-order valence-electron chi connectivity index (χ0n) is 42.8. The van der Waals surface area contributed by atoms with Crippen molar-refractivity contribution in [3.05, 3.63) is 24.3 Å². The molecule has 69 heavy (non-hydrogen) atoms. The second-order valence-corrected chi connectivity index (χ2v) is 19.4. The van der Waals surface area contributed by atoms with Gasteiger partial charge in [0.05, 0.1) is 19.8 Å². The molecule has 2 fully saturated rings. The van der Waals surface area contributed by atoms with Gasteiger partial charge in [-0.25, -0.2) is 0 Å². The number of hydrogen-bond acceptors (Lipinski definition) is 15. The molecule has 0 radical (unpaired) electrons. The van der Waals surface area contributed by atoms with Gasteiger partial charge in [0, 0.05) is 12.8 Å². The van der Waals surface area contributed by atoms with E-state index < -0.39 is 92.7 Å². The first-order valence-electron chi connectivity index (χ1n) is 27.4. The van der Waals surface area contributed by atoms with Crippen LogP contribution in [0.3, 0.4) is 0 Å². The average Bonchev–Trinajstić information content (AvgIpc) is 3.34. The highest BCUT2D eigenvalue weighted by Crippen LogP contribution is 2.27. The van der Waals surface area contributed by atoms with E-state index in [9.17, 15) is 45.3 Å². The van der Waals surface area contributed by atoms with Gasteiger partial charge in [-0.3, -0.25) is 9.59 Å². The number of aliphatic hydroxyl groups is 7. The van der Waals surface area contributed by atoms with Crippen molar-refractivity contribution in [3.63, 3.8) is 0 Å². The lowest BCUT2D eigenvalue weighted by atomic mass is 9.98. The Morgan fingerprint density at radius 2 is 0.855 bits per heavy atom. The quantitative estimate of drug-likeness (QED) is 0.0173. The Bertz CT molecular complexity index is 1300. The third kappa shape index (κ3) is 29.3. The molecule has 0 saturated carbocycles. The Kier molecular flexibility index (Phi) is 37.9. The maximum Gasteiger partial charge on any atom is 0.306 e. The number of carbonyl (C=O) groups excluding carboxylic acids is 2. The molecule has 0 amide bonds. The van der Waals surface area contributed by atoms with Crippen LogP contribution in [0.1, 0.15) is 213 Å². The maximum absolute atomic E-state index is 13.0. The zero-order valence-corrected chi connectivity index (χ0v) is 42.8. The molecule has 2 heterocycles. The van der Waals surface area contributed by atoms with Crippen molar-refractivity contribution < 1.29 is 73.8 Å². The summed E-state index contributed by atoms with van der Waals surface area (Å²) in [7, 11) is 0.